The van der Waals surface area contributed by atoms with Crippen LogP contribution in [0.4, 0.5) is 13.2 Å². The Kier molecular flexibility index (Phi) is 4.37. The highest BCUT2D eigenvalue weighted by Crippen LogP contribution is 2.10. The third kappa shape index (κ3) is 3.68. The molecule has 0 spiro atoms. The highest BCUT2D eigenvalue weighted by atomic mass is 19.1. The third-order valence-electron chi connectivity index (χ3n) is 2.75. The van der Waals surface area contributed by atoms with E-state index in [1.807, 2.05) is 0 Å². The van der Waals surface area contributed by atoms with Crippen LogP contribution in [0.1, 0.15) is 22.8 Å². The number of hydrogen-bond donors (Lipinski definition) is 1. The largest absolute Gasteiger partial charge is 0.271 e. The van der Waals surface area contributed by atoms with E-state index >= 15 is 0 Å². The van der Waals surface area contributed by atoms with Crippen molar-refractivity contribution < 1.29 is 18.0 Å². The Balaban J connectivity index is 2.12. The van der Waals surface area contributed by atoms with Crippen LogP contribution >= 0.6 is 0 Å². The van der Waals surface area contributed by atoms with Crippen molar-refractivity contribution in [3.63, 3.8) is 0 Å². The van der Waals surface area contributed by atoms with E-state index in [2.05, 4.69) is 10.5 Å². The predicted molar refractivity (Wildman–Crippen MR) is 72.4 cm³/mol. The van der Waals surface area contributed by atoms with E-state index in [1.165, 1.54) is 25.1 Å². The summed E-state index contributed by atoms with van der Waals surface area (Å²) < 4.78 is 39.0. The highest BCUT2D eigenvalue weighted by Gasteiger charge is 2.08. The Hall–Kier alpha value is -2.63. The van der Waals surface area contributed by atoms with Gasteiger partial charge in [0.1, 0.15) is 17.5 Å². The van der Waals surface area contributed by atoms with Crippen molar-refractivity contribution in [1.29, 1.82) is 0 Å². The first-order chi connectivity index (χ1) is 9.97. The second-order valence-electron chi connectivity index (χ2n) is 4.27. The van der Waals surface area contributed by atoms with Crippen LogP contribution in [0, 0.1) is 17.5 Å². The first kappa shape index (κ1) is 14.8. The van der Waals surface area contributed by atoms with Gasteiger partial charge in [0, 0.05) is 17.2 Å². The summed E-state index contributed by atoms with van der Waals surface area (Å²) in [7, 11) is 0. The molecule has 6 heteroatoms. The summed E-state index contributed by atoms with van der Waals surface area (Å²) >= 11 is 0. The Morgan fingerprint density at radius 1 is 1.00 bits per heavy atom. The van der Waals surface area contributed by atoms with Crippen LogP contribution in [0.15, 0.2) is 47.6 Å². The van der Waals surface area contributed by atoms with Gasteiger partial charge in [-0.1, -0.05) is 0 Å². The maximum Gasteiger partial charge on any atom is 0.271 e. The minimum Gasteiger partial charge on any atom is -0.267 e. The molecular formula is C15H11F3N2O. The van der Waals surface area contributed by atoms with Crippen molar-refractivity contribution in [1.82, 2.24) is 5.43 Å². The van der Waals surface area contributed by atoms with Gasteiger partial charge in [-0.05, 0) is 43.3 Å². The Morgan fingerprint density at radius 2 is 1.62 bits per heavy atom. The maximum atomic E-state index is 13.5. The first-order valence-electron chi connectivity index (χ1n) is 6.03. The summed E-state index contributed by atoms with van der Waals surface area (Å²) in [6, 6.07) is 7.95. The van der Waals surface area contributed by atoms with E-state index in [-0.39, 0.29) is 16.8 Å². The van der Waals surface area contributed by atoms with Gasteiger partial charge in [0.15, 0.2) is 0 Å². The minimum atomic E-state index is -0.771. The summed E-state index contributed by atoms with van der Waals surface area (Å²) in [5, 5.41) is 3.74. The SMILES string of the molecule is C/C(=N/NC(=O)c1ccc(F)cc1)c1ccc(F)cc1F. The molecule has 0 heterocycles. The van der Waals surface area contributed by atoms with E-state index in [0.717, 1.165) is 24.3 Å². The van der Waals surface area contributed by atoms with Crippen LogP contribution in [-0.4, -0.2) is 11.6 Å². The summed E-state index contributed by atoms with van der Waals surface area (Å²) in [4.78, 5) is 11.7. The number of carbonyl (C=O) groups is 1. The molecular weight excluding hydrogens is 281 g/mol. The molecule has 2 rings (SSSR count). The number of nitrogens with one attached hydrogen (secondary N) is 1. The number of nitrogens with zero attached hydrogens (tertiary/aromatic N) is 1. The molecule has 0 aliphatic carbocycles. The van der Waals surface area contributed by atoms with Gasteiger partial charge in [0.2, 0.25) is 0 Å². The molecule has 1 N–H and O–H groups in total. The lowest BCUT2D eigenvalue weighted by Gasteiger charge is -2.04. The molecule has 2 aromatic carbocycles. The monoisotopic (exact) mass is 292 g/mol. The van der Waals surface area contributed by atoms with Gasteiger partial charge in [-0.2, -0.15) is 5.10 Å². The number of halogens is 3. The number of hydrazone groups is 1. The molecule has 0 radical (unpaired) electrons. The molecule has 0 fully saturated rings. The smallest absolute Gasteiger partial charge is 0.267 e. The quantitative estimate of drug-likeness (QED) is 0.684. The van der Waals surface area contributed by atoms with Crippen molar-refractivity contribution in [2.45, 2.75) is 6.92 Å². The average Bonchev–Trinajstić information content (AvgIpc) is 2.45. The number of benzene rings is 2. The second-order valence-corrected chi connectivity index (χ2v) is 4.27. The standard InChI is InChI=1S/C15H11F3N2O/c1-9(13-7-6-12(17)8-14(13)18)19-20-15(21)10-2-4-11(16)5-3-10/h2-8H,1H3,(H,20,21)/b19-9-. The van der Waals surface area contributed by atoms with Crippen LogP contribution in [0.25, 0.3) is 0 Å². The van der Waals surface area contributed by atoms with Crippen molar-refractivity contribution in [3.05, 3.63) is 71.0 Å². The Morgan fingerprint density at radius 3 is 2.24 bits per heavy atom. The van der Waals surface area contributed by atoms with Crippen LogP contribution in [0.3, 0.4) is 0 Å². The average molecular weight is 292 g/mol. The van der Waals surface area contributed by atoms with Gasteiger partial charge in [-0.25, -0.2) is 18.6 Å². The molecule has 0 aliphatic rings. The number of hydrogen-bond acceptors (Lipinski definition) is 2. The third-order valence-corrected chi connectivity index (χ3v) is 2.75. The van der Waals surface area contributed by atoms with Crippen molar-refractivity contribution >= 4 is 11.6 Å². The molecule has 108 valence electrons. The molecule has 3 nitrogen and oxygen atoms in total. The minimum absolute atomic E-state index is 0.0795. The Bertz CT molecular complexity index is 697. The molecule has 0 aliphatic heterocycles. The van der Waals surface area contributed by atoms with E-state index in [4.69, 9.17) is 0 Å². The molecule has 1 amide bonds. The van der Waals surface area contributed by atoms with Crippen molar-refractivity contribution in [2.75, 3.05) is 0 Å². The zero-order valence-electron chi connectivity index (χ0n) is 11.0. The molecule has 21 heavy (non-hydrogen) atoms. The van der Waals surface area contributed by atoms with E-state index < -0.39 is 23.4 Å². The highest BCUT2D eigenvalue weighted by molar-refractivity contribution is 6.01. The summed E-state index contributed by atoms with van der Waals surface area (Å²) in [5.41, 5.74) is 2.70. The molecule has 0 saturated carbocycles. The van der Waals surface area contributed by atoms with Crippen molar-refractivity contribution in [3.8, 4) is 0 Å². The lowest BCUT2D eigenvalue weighted by molar-refractivity contribution is 0.0955. The van der Waals surface area contributed by atoms with Crippen LogP contribution < -0.4 is 5.43 Å². The van der Waals surface area contributed by atoms with E-state index in [1.54, 1.807) is 0 Å². The van der Waals surface area contributed by atoms with Crippen LogP contribution in [0.5, 0.6) is 0 Å². The number of rotatable bonds is 3. The summed E-state index contributed by atoms with van der Waals surface area (Å²) in [6.45, 7) is 1.47. The van der Waals surface area contributed by atoms with Gasteiger partial charge in [-0.15, -0.1) is 0 Å². The van der Waals surface area contributed by atoms with Crippen LogP contribution in [0.2, 0.25) is 0 Å². The van der Waals surface area contributed by atoms with Gasteiger partial charge >= 0.3 is 0 Å². The van der Waals surface area contributed by atoms with Gasteiger partial charge in [0.05, 0.1) is 5.71 Å². The lowest BCUT2D eigenvalue weighted by atomic mass is 10.1. The fourth-order valence-electron chi connectivity index (χ4n) is 1.64. The molecule has 0 bridgehead atoms. The molecule has 0 saturated heterocycles. The van der Waals surface area contributed by atoms with Gasteiger partial charge in [-0.3, -0.25) is 4.79 Å². The fraction of sp³-hybridized carbons (Fsp3) is 0.0667. The normalized spacial score (nSPS) is 11.3. The molecule has 0 unspecified atom stereocenters. The second kappa shape index (κ2) is 6.21. The fourth-order valence-corrected chi connectivity index (χ4v) is 1.64. The molecule has 0 atom stereocenters. The summed E-state index contributed by atoms with van der Waals surface area (Å²) in [6.07, 6.45) is 0. The molecule has 2 aromatic rings. The zero-order chi connectivity index (χ0) is 15.4. The van der Waals surface area contributed by atoms with E-state index in [0.29, 0.717) is 0 Å². The number of amides is 1. The van der Waals surface area contributed by atoms with Gasteiger partial charge in [0.25, 0.3) is 5.91 Å². The maximum absolute atomic E-state index is 13.5. The van der Waals surface area contributed by atoms with E-state index in [9.17, 15) is 18.0 Å². The molecule has 0 aromatic heterocycles. The topological polar surface area (TPSA) is 41.5 Å². The summed E-state index contributed by atoms with van der Waals surface area (Å²) in [5.74, 6) is -2.48. The predicted octanol–water partition coefficient (Wildman–Crippen LogP) is 3.26. The zero-order valence-corrected chi connectivity index (χ0v) is 11.0. The lowest BCUT2D eigenvalue weighted by Crippen LogP contribution is -2.19. The Labute approximate surface area is 119 Å². The first-order valence-corrected chi connectivity index (χ1v) is 6.03. The van der Waals surface area contributed by atoms with Crippen LogP contribution in [-0.2, 0) is 0 Å². The van der Waals surface area contributed by atoms with Gasteiger partial charge < -0.3 is 0 Å². The number of carbonyl (C=O) groups excluding carboxylic acids is 1. The van der Waals surface area contributed by atoms with Crippen molar-refractivity contribution in [2.24, 2.45) is 5.10 Å².